The van der Waals surface area contributed by atoms with Crippen LogP contribution in [0.4, 0.5) is 11.4 Å². The minimum atomic E-state index is -0.364. The van der Waals surface area contributed by atoms with Crippen LogP contribution < -0.4 is 15.0 Å². The second kappa shape index (κ2) is 10.5. The van der Waals surface area contributed by atoms with Crippen LogP contribution in [0.3, 0.4) is 0 Å². The molecule has 0 bridgehead atoms. The van der Waals surface area contributed by atoms with Crippen molar-refractivity contribution in [3.8, 4) is 16.9 Å². The van der Waals surface area contributed by atoms with Gasteiger partial charge in [0.05, 0.1) is 18.2 Å². The predicted octanol–water partition coefficient (Wildman–Crippen LogP) is 4.46. The van der Waals surface area contributed by atoms with E-state index in [2.05, 4.69) is 20.2 Å². The molecule has 9 heteroatoms. The fourth-order valence-electron chi connectivity index (χ4n) is 7.85. The smallest absolute Gasteiger partial charge is 0.311 e. The molecule has 2 aromatic rings. The van der Waals surface area contributed by atoms with Gasteiger partial charge in [-0.1, -0.05) is 0 Å². The topological polar surface area (TPSA) is 88.7 Å². The average molecular weight is 523 g/mol. The highest BCUT2D eigenvalue weighted by atomic mass is 16.6. The standard InChI is InChI=1S/C29H42N6O3/c1-32-20-23(19-31-32)25-15-27(35(36)37)28(38-2)16-26(25)34-13-5-22(6-14-34)21-3-11-33(12-4-21)24-17-29(18-24)7-9-30-10-8-29/h15-16,19-22,24,30H,3-14,17-18H2,1-2H3. The van der Waals surface area contributed by atoms with Gasteiger partial charge in [0, 0.05) is 61.3 Å². The summed E-state index contributed by atoms with van der Waals surface area (Å²) in [5.74, 6) is 1.91. The number of likely N-dealkylation sites (tertiary alicyclic amines) is 1. The molecule has 206 valence electrons. The van der Waals surface area contributed by atoms with E-state index in [9.17, 15) is 10.1 Å². The molecule has 4 heterocycles. The van der Waals surface area contributed by atoms with Crippen LogP contribution in [0.25, 0.3) is 11.1 Å². The zero-order valence-electron chi connectivity index (χ0n) is 22.9. The summed E-state index contributed by atoms with van der Waals surface area (Å²) in [6.07, 6.45) is 14.3. The fourth-order valence-corrected chi connectivity index (χ4v) is 7.85. The van der Waals surface area contributed by atoms with Crippen molar-refractivity contribution in [3.63, 3.8) is 0 Å². The number of aryl methyl sites for hydroxylation is 1. The molecule has 1 N–H and O–H groups in total. The third-order valence-electron chi connectivity index (χ3n) is 10.1. The Bertz CT molecular complexity index is 1140. The van der Waals surface area contributed by atoms with E-state index in [-0.39, 0.29) is 10.6 Å². The van der Waals surface area contributed by atoms with Crippen LogP contribution in [-0.2, 0) is 7.05 Å². The van der Waals surface area contributed by atoms with E-state index in [1.54, 1.807) is 16.9 Å². The third kappa shape index (κ3) is 4.91. The molecule has 0 unspecified atom stereocenters. The second-order valence-electron chi connectivity index (χ2n) is 12.2. The van der Waals surface area contributed by atoms with Crippen LogP contribution in [0, 0.1) is 27.4 Å². The molecule has 0 atom stereocenters. The summed E-state index contributed by atoms with van der Waals surface area (Å²) in [7, 11) is 3.37. The molecule has 1 aliphatic carbocycles. The molecule has 1 spiro atoms. The Morgan fingerprint density at radius 1 is 1.05 bits per heavy atom. The van der Waals surface area contributed by atoms with Crippen LogP contribution in [0.2, 0.25) is 0 Å². The van der Waals surface area contributed by atoms with E-state index in [1.807, 2.05) is 19.3 Å². The Hall–Kier alpha value is -2.65. The molecule has 0 radical (unpaired) electrons. The number of benzene rings is 1. The number of nitro benzene ring substituents is 1. The Kier molecular flexibility index (Phi) is 7.07. The van der Waals surface area contributed by atoms with Crippen molar-refractivity contribution in [3.05, 3.63) is 34.6 Å². The van der Waals surface area contributed by atoms with Crippen molar-refractivity contribution >= 4 is 11.4 Å². The van der Waals surface area contributed by atoms with E-state index in [0.29, 0.717) is 11.2 Å². The number of nitrogens with one attached hydrogen (secondary N) is 1. The molecule has 4 aliphatic rings. The van der Waals surface area contributed by atoms with Crippen molar-refractivity contribution in [2.75, 3.05) is 51.3 Å². The highest BCUT2D eigenvalue weighted by molar-refractivity contribution is 5.82. The zero-order valence-corrected chi connectivity index (χ0v) is 22.9. The number of nitrogens with zero attached hydrogens (tertiary/aromatic N) is 5. The van der Waals surface area contributed by atoms with Gasteiger partial charge in [-0.3, -0.25) is 14.8 Å². The summed E-state index contributed by atoms with van der Waals surface area (Å²) < 4.78 is 7.17. The molecule has 1 saturated carbocycles. The molecule has 6 rings (SSSR count). The molecule has 3 saturated heterocycles. The van der Waals surface area contributed by atoms with Gasteiger partial charge >= 0.3 is 5.69 Å². The summed E-state index contributed by atoms with van der Waals surface area (Å²) >= 11 is 0. The first-order chi connectivity index (χ1) is 18.4. The summed E-state index contributed by atoms with van der Waals surface area (Å²) in [4.78, 5) is 16.6. The number of piperidine rings is 3. The lowest BCUT2D eigenvalue weighted by Crippen LogP contribution is -2.56. The average Bonchev–Trinajstić information content (AvgIpc) is 3.37. The molecule has 0 amide bonds. The van der Waals surface area contributed by atoms with Crippen LogP contribution >= 0.6 is 0 Å². The predicted molar refractivity (Wildman–Crippen MR) is 149 cm³/mol. The van der Waals surface area contributed by atoms with Crippen molar-refractivity contribution < 1.29 is 9.66 Å². The lowest BCUT2D eigenvalue weighted by molar-refractivity contribution is -0.385. The van der Waals surface area contributed by atoms with Crippen molar-refractivity contribution in [2.24, 2.45) is 24.3 Å². The number of ether oxygens (including phenoxy) is 1. The van der Waals surface area contributed by atoms with Gasteiger partial charge in [-0.2, -0.15) is 5.10 Å². The van der Waals surface area contributed by atoms with Gasteiger partial charge in [-0.15, -0.1) is 0 Å². The molecule has 3 aliphatic heterocycles. The summed E-state index contributed by atoms with van der Waals surface area (Å²) in [6.45, 7) is 6.91. The monoisotopic (exact) mass is 522 g/mol. The number of nitro groups is 1. The molecule has 38 heavy (non-hydrogen) atoms. The highest BCUT2D eigenvalue weighted by Gasteiger charge is 2.47. The molecule has 4 fully saturated rings. The summed E-state index contributed by atoms with van der Waals surface area (Å²) in [5, 5.41) is 19.6. The molecule has 1 aromatic heterocycles. The van der Waals surface area contributed by atoms with E-state index < -0.39 is 0 Å². The van der Waals surface area contributed by atoms with Gasteiger partial charge in [0.1, 0.15) is 0 Å². The van der Waals surface area contributed by atoms with Crippen LogP contribution in [0.15, 0.2) is 24.5 Å². The SMILES string of the molecule is COc1cc(N2CCC(C3CCN(C4CC5(CCNCC5)C4)CC3)CC2)c(-c2cnn(C)c2)cc1[N+](=O)[O-]. The maximum atomic E-state index is 11.7. The fraction of sp³-hybridized carbons (Fsp3) is 0.690. The number of hydrogen-bond donors (Lipinski definition) is 1. The van der Waals surface area contributed by atoms with Crippen LogP contribution in [-0.4, -0.2) is 72.0 Å². The van der Waals surface area contributed by atoms with Crippen molar-refractivity contribution in [1.82, 2.24) is 20.0 Å². The molecular formula is C29H42N6O3. The summed E-state index contributed by atoms with van der Waals surface area (Å²) in [6, 6.07) is 4.34. The third-order valence-corrected chi connectivity index (χ3v) is 10.1. The molecular weight excluding hydrogens is 480 g/mol. The van der Waals surface area contributed by atoms with Gasteiger partial charge in [-0.25, -0.2) is 0 Å². The second-order valence-corrected chi connectivity index (χ2v) is 12.2. The largest absolute Gasteiger partial charge is 0.490 e. The highest BCUT2D eigenvalue weighted by Crippen LogP contribution is 2.51. The van der Waals surface area contributed by atoms with Crippen molar-refractivity contribution in [2.45, 2.75) is 57.4 Å². The number of methoxy groups -OCH3 is 1. The first kappa shape index (κ1) is 25.6. The molecule has 9 nitrogen and oxygen atoms in total. The summed E-state index contributed by atoms with van der Waals surface area (Å²) in [5.41, 5.74) is 3.41. The maximum absolute atomic E-state index is 11.7. The Morgan fingerprint density at radius 3 is 2.29 bits per heavy atom. The minimum absolute atomic E-state index is 0.00529. The first-order valence-corrected chi connectivity index (χ1v) is 14.5. The Labute approximate surface area is 225 Å². The number of hydrogen-bond acceptors (Lipinski definition) is 7. The first-order valence-electron chi connectivity index (χ1n) is 14.5. The lowest BCUT2D eigenvalue weighted by Gasteiger charge is -2.55. The van der Waals surface area contributed by atoms with Gasteiger partial charge in [0.2, 0.25) is 0 Å². The van der Waals surface area contributed by atoms with E-state index >= 15 is 0 Å². The van der Waals surface area contributed by atoms with Gasteiger partial charge in [-0.05, 0) is 94.8 Å². The minimum Gasteiger partial charge on any atom is -0.490 e. The zero-order chi connectivity index (χ0) is 26.3. The van der Waals surface area contributed by atoms with Gasteiger partial charge < -0.3 is 19.9 Å². The van der Waals surface area contributed by atoms with Crippen molar-refractivity contribution in [1.29, 1.82) is 0 Å². The Morgan fingerprint density at radius 2 is 1.71 bits per heavy atom. The number of anilines is 1. The Balaban J connectivity index is 1.08. The van der Waals surface area contributed by atoms with E-state index in [0.717, 1.165) is 47.8 Å². The van der Waals surface area contributed by atoms with Gasteiger partial charge in [0.15, 0.2) is 5.75 Å². The molecule has 1 aromatic carbocycles. The van der Waals surface area contributed by atoms with E-state index in [1.165, 1.54) is 84.7 Å². The lowest BCUT2D eigenvalue weighted by atomic mass is 9.60. The van der Waals surface area contributed by atoms with Gasteiger partial charge in [0.25, 0.3) is 0 Å². The number of rotatable bonds is 6. The van der Waals surface area contributed by atoms with Crippen LogP contribution in [0.5, 0.6) is 5.75 Å². The maximum Gasteiger partial charge on any atom is 0.311 e. The van der Waals surface area contributed by atoms with Crippen LogP contribution in [0.1, 0.15) is 51.4 Å². The normalized spacial score (nSPS) is 23.5. The quantitative estimate of drug-likeness (QED) is 0.442. The van der Waals surface area contributed by atoms with E-state index in [4.69, 9.17) is 4.74 Å². The number of aromatic nitrogens is 2.